The average Bonchev–Trinajstić information content (AvgIpc) is 3.14. The van der Waals surface area contributed by atoms with Crippen LogP contribution in [0.5, 0.6) is 0 Å². The van der Waals surface area contributed by atoms with Gasteiger partial charge in [0.15, 0.2) is 0 Å². The van der Waals surface area contributed by atoms with E-state index in [2.05, 4.69) is 25.9 Å². The highest BCUT2D eigenvalue weighted by Crippen LogP contribution is 2.18. The van der Waals surface area contributed by atoms with Crippen molar-refractivity contribution in [1.82, 2.24) is 25.9 Å². The van der Waals surface area contributed by atoms with E-state index in [0.29, 0.717) is 41.9 Å². The number of tetrazole rings is 1. The van der Waals surface area contributed by atoms with Gasteiger partial charge in [-0.1, -0.05) is 36.4 Å². The molecule has 1 heterocycles. The predicted octanol–water partition coefficient (Wildman–Crippen LogP) is 2.37. The van der Waals surface area contributed by atoms with E-state index in [-0.39, 0.29) is 11.7 Å². The number of benzene rings is 2. The second kappa shape index (κ2) is 7.45. The Balaban J connectivity index is 1.59. The summed E-state index contributed by atoms with van der Waals surface area (Å²) in [6, 6.07) is 13.7. The highest BCUT2D eigenvalue weighted by Gasteiger charge is 2.14. The number of aryl methyl sites for hydroxylation is 1. The summed E-state index contributed by atoms with van der Waals surface area (Å²) >= 11 is 0. The summed E-state index contributed by atoms with van der Waals surface area (Å²) < 4.78 is 13.5. The molecular formula is C17H16FN5O. The maximum atomic E-state index is 13.5. The molecule has 24 heavy (non-hydrogen) atoms. The van der Waals surface area contributed by atoms with Crippen LogP contribution in [0.2, 0.25) is 0 Å². The second-order valence-corrected chi connectivity index (χ2v) is 5.23. The van der Waals surface area contributed by atoms with Crippen molar-refractivity contribution in [3.8, 4) is 11.4 Å². The minimum atomic E-state index is -0.219. The molecule has 0 radical (unpaired) electrons. The number of aromatic nitrogens is 4. The summed E-state index contributed by atoms with van der Waals surface area (Å²) in [4.78, 5) is 12.4. The Hall–Kier alpha value is -3.09. The molecule has 0 unspecified atom stereocenters. The molecule has 2 aromatic carbocycles. The number of carbonyl (C=O) groups is 1. The van der Waals surface area contributed by atoms with Gasteiger partial charge >= 0.3 is 0 Å². The Morgan fingerprint density at radius 2 is 1.92 bits per heavy atom. The first-order valence-electron chi connectivity index (χ1n) is 7.60. The summed E-state index contributed by atoms with van der Waals surface area (Å²) in [5.41, 5.74) is 1.74. The van der Waals surface area contributed by atoms with Crippen LogP contribution < -0.4 is 5.32 Å². The van der Waals surface area contributed by atoms with E-state index >= 15 is 0 Å². The molecule has 0 aliphatic heterocycles. The highest BCUT2D eigenvalue weighted by molar-refractivity contribution is 6.00. The van der Waals surface area contributed by atoms with E-state index in [1.165, 1.54) is 6.07 Å². The van der Waals surface area contributed by atoms with Gasteiger partial charge in [-0.25, -0.2) is 4.39 Å². The molecule has 7 heteroatoms. The molecule has 1 aromatic heterocycles. The van der Waals surface area contributed by atoms with Gasteiger partial charge in [0.1, 0.15) is 5.82 Å². The number of nitrogens with zero attached hydrogens (tertiary/aromatic N) is 3. The van der Waals surface area contributed by atoms with Crippen molar-refractivity contribution in [3.63, 3.8) is 0 Å². The normalized spacial score (nSPS) is 10.5. The fraction of sp³-hybridized carbons (Fsp3) is 0.176. The van der Waals surface area contributed by atoms with Crippen molar-refractivity contribution < 1.29 is 9.18 Å². The number of carbonyl (C=O) groups excluding carboxylic acids is 1. The molecule has 0 atom stereocenters. The van der Waals surface area contributed by atoms with Crippen LogP contribution in [0, 0.1) is 5.82 Å². The topological polar surface area (TPSA) is 83.6 Å². The van der Waals surface area contributed by atoms with Crippen LogP contribution in [0.1, 0.15) is 22.3 Å². The fourth-order valence-corrected chi connectivity index (χ4v) is 2.43. The zero-order valence-electron chi connectivity index (χ0n) is 12.9. The molecule has 0 aliphatic carbocycles. The fourth-order valence-electron chi connectivity index (χ4n) is 2.43. The summed E-state index contributed by atoms with van der Waals surface area (Å²) in [6.07, 6.45) is 1.22. The minimum Gasteiger partial charge on any atom is -0.352 e. The Morgan fingerprint density at radius 3 is 2.71 bits per heavy atom. The first kappa shape index (κ1) is 15.8. The van der Waals surface area contributed by atoms with Crippen LogP contribution in [0.25, 0.3) is 11.4 Å². The van der Waals surface area contributed by atoms with Crippen molar-refractivity contribution in [1.29, 1.82) is 0 Å². The lowest BCUT2D eigenvalue weighted by Crippen LogP contribution is -2.25. The van der Waals surface area contributed by atoms with E-state index in [1.54, 1.807) is 42.5 Å². The van der Waals surface area contributed by atoms with Crippen molar-refractivity contribution in [2.45, 2.75) is 12.8 Å². The number of hydrogen-bond acceptors (Lipinski definition) is 4. The maximum absolute atomic E-state index is 13.5. The van der Waals surface area contributed by atoms with Crippen LogP contribution in [0.15, 0.2) is 48.5 Å². The number of hydrogen-bond donors (Lipinski definition) is 2. The molecular weight excluding hydrogens is 309 g/mol. The number of amides is 1. The van der Waals surface area contributed by atoms with Crippen LogP contribution in [0.4, 0.5) is 4.39 Å². The molecule has 3 aromatic rings. The molecule has 0 saturated heterocycles. The average molecular weight is 325 g/mol. The van der Waals surface area contributed by atoms with Crippen molar-refractivity contribution >= 4 is 5.91 Å². The van der Waals surface area contributed by atoms with E-state index in [1.807, 2.05) is 0 Å². The highest BCUT2D eigenvalue weighted by atomic mass is 19.1. The first-order chi connectivity index (χ1) is 11.8. The molecule has 3 rings (SSSR count). The third kappa shape index (κ3) is 3.62. The zero-order chi connectivity index (χ0) is 16.8. The van der Waals surface area contributed by atoms with Gasteiger partial charge < -0.3 is 5.32 Å². The van der Waals surface area contributed by atoms with Gasteiger partial charge in [-0.2, -0.15) is 5.21 Å². The Labute approximate surface area is 138 Å². The lowest BCUT2D eigenvalue weighted by Gasteiger charge is -2.08. The standard InChI is InChI=1S/C17H16FN5O/c18-15-10-4-1-6-12(15)7-5-11-19-17(24)14-9-3-2-8-13(14)16-20-22-23-21-16/h1-4,6,8-10H,5,7,11H2,(H,19,24)(H,20,21,22,23). The van der Waals surface area contributed by atoms with Gasteiger partial charge in [0.05, 0.1) is 5.56 Å². The van der Waals surface area contributed by atoms with Gasteiger partial charge in [0.25, 0.3) is 5.91 Å². The number of aromatic amines is 1. The van der Waals surface area contributed by atoms with E-state index in [9.17, 15) is 9.18 Å². The van der Waals surface area contributed by atoms with Gasteiger partial charge in [0, 0.05) is 12.1 Å². The lowest BCUT2D eigenvalue weighted by molar-refractivity contribution is 0.0954. The van der Waals surface area contributed by atoms with E-state index in [4.69, 9.17) is 0 Å². The van der Waals surface area contributed by atoms with Crippen LogP contribution in [-0.4, -0.2) is 33.1 Å². The Bertz CT molecular complexity index is 819. The number of H-pyrrole nitrogens is 1. The molecule has 6 nitrogen and oxygen atoms in total. The maximum Gasteiger partial charge on any atom is 0.252 e. The summed E-state index contributed by atoms with van der Waals surface area (Å²) in [5, 5.41) is 16.5. The number of rotatable bonds is 6. The van der Waals surface area contributed by atoms with Gasteiger partial charge in [-0.05, 0) is 35.8 Å². The van der Waals surface area contributed by atoms with Crippen LogP contribution in [0.3, 0.4) is 0 Å². The quantitative estimate of drug-likeness (QED) is 0.682. The first-order valence-corrected chi connectivity index (χ1v) is 7.60. The lowest BCUT2D eigenvalue weighted by atomic mass is 10.1. The molecule has 0 fully saturated rings. The monoisotopic (exact) mass is 325 g/mol. The van der Waals surface area contributed by atoms with Crippen molar-refractivity contribution in [2.24, 2.45) is 0 Å². The molecule has 2 N–H and O–H groups in total. The summed E-state index contributed by atoms with van der Waals surface area (Å²) in [6.45, 7) is 0.452. The molecule has 0 bridgehead atoms. The van der Waals surface area contributed by atoms with Crippen LogP contribution in [-0.2, 0) is 6.42 Å². The molecule has 0 saturated carbocycles. The molecule has 122 valence electrons. The Kier molecular flexibility index (Phi) is 4.90. The van der Waals surface area contributed by atoms with Crippen molar-refractivity contribution in [3.05, 3.63) is 65.5 Å². The molecule has 1 amide bonds. The van der Waals surface area contributed by atoms with E-state index in [0.717, 1.165) is 0 Å². The number of halogens is 1. The second-order valence-electron chi connectivity index (χ2n) is 5.23. The van der Waals surface area contributed by atoms with Gasteiger partial charge in [0.2, 0.25) is 5.82 Å². The van der Waals surface area contributed by atoms with Crippen molar-refractivity contribution in [2.75, 3.05) is 6.54 Å². The third-order valence-corrected chi connectivity index (χ3v) is 3.62. The Morgan fingerprint density at radius 1 is 1.12 bits per heavy atom. The summed E-state index contributed by atoms with van der Waals surface area (Å²) in [5.74, 6) is -0.0673. The smallest absolute Gasteiger partial charge is 0.252 e. The largest absolute Gasteiger partial charge is 0.352 e. The van der Waals surface area contributed by atoms with Gasteiger partial charge in [-0.15, -0.1) is 10.2 Å². The third-order valence-electron chi connectivity index (χ3n) is 3.62. The van der Waals surface area contributed by atoms with Gasteiger partial charge in [-0.3, -0.25) is 4.79 Å². The minimum absolute atomic E-state index is 0.216. The molecule has 0 spiro atoms. The number of nitrogens with one attached hydrogen (secondary N) is 2. The van der Waals surface area contributed by atoms with E-state index < -0.39 is 0 Å². The SMILES string of the molecule is O=C(NCCCc1ccccc1F)c1ccccc1-c1nn[nH]n1. The molecule has 0 aliphatic rings. The zero-order valence-corrected chi connectivity index (χ0v) is 12.9. The predicted molar refractivity (Wildman–Crippen MR) is 86.7 cm³/mol. The van der Waals surface area contributed by atoms with Crippen LogP contribution >= 0.6 is 0 Å². The summed E-state index contributed by atoms with van der Waals surface area (Å²) in [7, 11) is 0.